The Kier molecular flexibility index (Phi) is 3.93. The number of hydrogen-bond acceptors (Lipinski definition) is 4. The van der Waals surface area contributed by atoms with Gasteiger partial charge in [0.15, 0.2) is 5.82 Å². The van der Waals surface area contributed by atoms with Gasteiger partial charge in [0, 0.05) is 11.9 Å². The lowest BCUT2D eigenvalue weighted by atomic mass is 10.1. The minimum absolute atomic E-state index is 0.728. The maximum Gasteiger partial charge on any atom is 0.166 e. The molecular formula is C19H19ClN4S. The van der Waals surface area contributed by atoms with Crippen molar-refractivity contribution in [3.8, 4) is 0 Å². The molecule has 6 heteroatoms. The summed E-state index contributed by atoms with van der Waals surface area (Å²) in [5.74, 6) is 0.866. The number of aromatic amines is 1. The van der Waals surface area contributed by atoms with E-state index in [1.54, 1.807) is 11.3 Å². The Balaban J connectivity index is 1.73. The molecule has 25 heavy (non-hydrogen) atoms. The van der Waals surface area contributed by atoms with E-state index in [0.717, 1.165) is 49.1 Å². The number of H-pyrrole nitrogens is 1. The van der Waals surface area contributed by atoms with Crippen LogP contribution < -0.4 is 5.32 Å². The molecule has 3 heterocycles. The molecule has 2 N–H and O–H groups in total. The predicted octanol–water partition coefficient (Wildman–Crippen LogP) is 5.67. The van der Waals surface area contributed by atoms with E-state index >= 15 is 0 Å². The average molecular weight is 371 g/mol. The van der Waals surface area contributed by atoms with Crippen LogP contribution in [0, 0.1) is 27.7 Å². The number of hydrogen-bond donors (Lipinski definition) is 2. The fourth-order valence-corrected chi connectivity index (χ4v) is 4.68. The van der Waals surface area contributed by atoms with Crippen LogP contribution >= 0.6 is 22.9 Å². The van der Waals surface area contributed by atoms with Crippen LogP contribution in [0.2, 0.25) is 5.02 Å². The highest BCUT2D eigenvalue weighted by Crippen LogP contribution is 2.39. The molecule has 4 nitrogen and oxygen atoms in total. The fourth-order valence-electron chi connectivity index (χ4n) is 3.34. The lowest BCUT2D eigenvalue weighted by Crippen LogP contribution is -2.00. The van der Waals surface area contributed by atoms with Crippen LogP contribution in [0.5, 0.6) is 0 Å². The highest BCUT2D eigenvalue weighted by Gasteiger charge is 2.18. The van der Waals surface area contributed by atoms with Crippen molar-refractivity contribution in [1.82, 2.24) is 15.2 Å². The van der Waals surface area contributed by atoms with Crippen LogP contribution in [-0.2, 0) is 6.54 Å². The number of fused-ring (bicyclic) bond motifs is 3. The van der Waals surface area contributed by atoms with Crippen molar-refractivity contribution in [3.63, 3.8) is 0 Å². The van der Waals surface area contributed by atoms with Crippen LogP contribution in [0.1, 0.15) is 27.9 Å². The standard InChI is InChI=1S/C19H19ClN4S/c1-9-5-10(2)7-13(6-9)8-21-18-17-16(23-24-18)14-11(3)15(20)12(4)22-19(14)25-17/h5-7H,8H2,1-4H3,(H2,21,23,24). The monoisotopic (exact) mass is 370 g/mol. The molecule has 0 aliphatic carbocycles. The van der Waals surface area contributed by atoms with E-state index in [4.69, 9.17) is 11.6 Å². The zero-order valence-corrected chi connectivity index (χ0v) is 16.2. The zero-order valence-electron chi connectivity index (χ0n) is 14.6. The smallest absolute Gasteiger partial charge is 0.166 e. The summed E-state index contributed by atoms with van der Waals surface area (Å²) in [6.45, 7) is 8.96. The van der Waals surface area contributed by atoms with Crippen LogP contribution in [0.3, 0.4) is 0 Å². The third-order valence-electron chi connectivity index (χ3n) is 4.42. The number of halogens is 1. The van der Waals surface area contributed by atoms with Crippen LogP contribution in [0.15, 0.2) is 18.2 Å². The molecule has 0 radical (unpaired) electrons. The fraction of sp³-hybridized carbons (Fsp3) is 0.263. The first kappa shape index (κ1) is 16.4. The van der Waals surface area contributed by atoms with Crippen LogP contribution in [0.25, 0.3) is 20.4 Å². The summed E-state index contributed by atoms with van der Waals surface area (Å²) in [6, 6.07) is 6.58. The van der Waals surface area contributed by atoms with E-state index in [9.17, 15) is 0 Å². The van der Waals surface area contributed by atoms with Crippen molar-refractivity contribution in [2.75, 3.05) is 5.32 Å². The van der Waals surface area contributed by atoms with Gasteiger partial charge in [-0.15, -0.1) is 11.3 Å². The van der Waals surface area contributed by atoms with Crippen molar-refractivity contribution < 1.29 is 0 Å². The quantitative estimate of drug-likeness (QED) is 0.488. The molecule has 4 rings (SSSR count). The lowest BCUT2D eigenvalue weighted by molar-refractivity contribution is 1.06. The Morgan fingerprint density at radius 1 is 1.12 bits per heavy atom. The maximum absolute atomic E-state index is 6.38. The van der Waals surface area contributed by atoms with Crippen molar-refractivity contribution in [1.29, 1.82) is 0 Å². The third kappa shape index (κ3) is 2.77. The highest BCUT2D eigenvalue weighted by molar-refractivity contribution is 7.26. The topological polar surface area (TPSA) is 53.6 Å². The number of pyridine rings is 1. The Hall–Kier alpha value is -2.11. The first-order valence-electron chi connectivity index (χ1n) is 8.18. The van der Waals surface area contributed by atoms with Gasteiger partial charge >= 0.3 is 0 Å². The molecule has 0 saturated carbocycles. The van der Waals surface area contributed by atoms with Crippen LogP contribution in [0.4, 0.5) is 5.82 Å². The second kappa shape index (κ2) is 6.00. The van der Waals surface area contributed by atoms with E-state index in [1.807, 2.05) is 13.8 Å². The molecule has 0 unspecified atom stereocenters. The molecule has 0 aliphatic heterocycles. The molecular weight excluding hydrogens is 352 g/mol. The normalized spacial score (nSPS) is 11.6. The summed E-state index contributed by atoms with van der Waals surface area (Å²) in [4.78, 5) is 5.64. The first-order valence-corrected chi connectivity index (χ1v) is 9.38. The van der Waals surface area contributed by atoms with Gasteiger partial charge in [-0.2, -0.15) is 5.10 Å². The van der Waals surface area contributed by atoms with E-state index in [1.165, 1.54) is 16.7 Å². The van der Waals surface area contributed by atoms with E-state index < -0.39 is 0 Å². The first-order chi connectivity index (χ1) is 11.9. The molecule has 0 aliphatic rings. The molecule has 0 atom stereocenters. The zero-order chi connectivity index (χ0) is 17.7. The maximum atomic E-state index is 6.38. The molecule has 3 aromatic heterocycles. The molecule has 128 valence electrons. The summed E-state index contributed by atoms with van der Waals surface area (Å²) in [5.41, 5.74) is 6.73. The largest absolute Gasteiger partial charge is 0.363 e. The summed E-state index contributed by atoms with van der Waals surface area (Å²) >= 11 is 8.03. The van der Waals surface area contributed by atoms with E-state index in [0.29, 0.717) is 0 Å². The van der Waals surface area contributed by atoms with Gasteiger partial charge in [0.1, 0.15) is 4.83 Å². The highest BCUT2D eigenvalue weighted by atomic mass is 35.5. The van der Waals surface area contributed by atoms with Gasteiger partial charge in [-0.3, -0.25) is 5.10 Å². The predicted molar refractivity (Wildman–Crippen MR) is 107 cm³/mol. The second-order valence-electron chi connectivity index (χ2n) is 6.54. The Morgan fingerprint density at radius 3 is 2.56 bits per heavy atom. The van der Waals surface area contributed by atoms with Gasteiger partial charge < -0.3 is 5.32 Å². The van der Waals surface area contributed by atoms with Gasteiger partial charge in [0.05, 0.1) is 20.9 Å². The Labute approximate surface area is 155 Å². The summed E-state index contributed by atoms with van der Waals surface area (Å²) in [7, 11) is 0. The summed E-state index contributed by atoms with van der Waals surface area (Å²) < 4.78 is 1.09. The molecule has 0 saturated heterocycles. The molecule has 4 aromatic rings. The number of nitrogens with zero attached hydrogens (tertiary/aromatic N) is 2. The Bertz CT molecular complexity index is 1090. The summed E-state index contributed by atoms with van der Waals surface area (Å²) in [6.07, 6.45) is 0. The molecule has 0 amide bonds. The number of thiophene rings is 1. The number of aromatic nitrogens is 3. The minimum Gasteiger partial charge on any atom is -0.363 e. The van der Waals surface area contributed by atoms with Gasteiger partial charge in [-0.1, -0.05) is 40.9 Å². The minimum atomic E-state index is 0.728. The van der Waals surface area contributed by atoms with E-state index in [-0.39, 0.29) is 0 Å². The molecule has 0 fully saturated rings. The molecule has 0 spiro atoms. The summed E-state index contributed by atoms with van der Waals surface area (Å²) in [5, 5.41) is 12.9. The molecule has 1 aromatic carbocycles. The van der Waals surface area contributed by atoms with Gasteiger partial charge in [-0.25, -0.2) is 4.98 Å². The number of nitrogens with one attached hydrogen (secondary N) is 2. The Morgan fingerprint density at radius 2 is 1.84 bits per heavy atom. The average Bonchev–Trinajstić information content (AvgIpc) is 3.08. The van der Waals surface area contributed by atoms with Crippen molar-refractivity contribution in [2.45, 2.75) is 34.2 Å². The molecule has 0 bridgehead atoms. The van der Waals surface area contributed by atoms with E-state index in [2.05, 4.69) is 52.5 Å². The number of anilines is 1. The van der Waals surface area contributed by atoms with Crippen molar-refractivity contribution in [2.24, 2.45) is 0 Å². The van der Waals surface area contributed by atoms with Gasteiger partial charge in [0.2, 0.25) is 0 Å². The number of benzene rings is 1. The van der Waals surface area contributed by atoms with Gasteiger partial charge in [-0.05, 0) is 38.8 Å². The SMILES string of the molecule is Cc1cc(C)cc(CNc2n[nH]c3c2sc2nc(C)c(Cl)c(C)c23)c1. The van der Waals surface area contributed by atoms with Crippen molar-refractivity contribution >= 4 is 49.2 Å². The van der Waals surface area contributed by atoms with Crippen LogP contribution in [-0.4, -0.2) is 15.2 Å². The lowest BCUT2D eigenvalue weighted by Gasteiger charge is -2.06. The number of aryl methyl sites for hydroxylation is 4. The van der Waals surface area contributed by atoms with Crippen molar-refractivity contribution in [3.05, 3.63) is 51.2 Å². The third-order valence-corrected chi connectivity index (χ3v) is 6.06. The second-order valence-corrected chi connectivity index (χ2v) is 7.92. The number of rotatable bonds is 3. The van der Waals surface area contributed by atoms with Gasteiger partial charge in [0.25, 0.3) is 0 Å².